The van der Waals surface area contributed by atoms with E-state index in [-0.39, 0.29) is 6.54 Å². The Morgan fingerprint density at radius 1 is 1.11 bits per heavy atom. The van der Waals surface area contributed by atoms with Crippen LogP contribution in [-0.2, 0) is 16.4 Å². The van der Waals surface area contributed by atoms with Crippen LogP contribution < -0.4 is 4.72 Å². The van der Waals surface area contributed by atoms with Gasteiger partial charge in [-0.05, 0) is 44.5 Å². The molecule has 1 heterocycles. The number of benzene rings is 2. The lowest BCUT2D eigenvalue weighted by Crippen LogP contribution is -2.26. The van der Waals surface area contributed by atoms with Gasteiger partial charge in [-0.3, -0.25) is 0 Å². The molecular formula is C19H18F2N2O2S2. The van der Waals surface area contributed by atoms with Crippen molar-refractivity contribution in [1.29, 1.82) is 0 Å². The van der Waals surface area contributed by atoms with Gasteiger partial charge in [0.1, 0.15) is 21.5 Å². The average Bonchev–Trinajstić information content (AvgIpc) is 2.98. The van der Waals surface area contributed by atoms with Crippen molar-refractivity contribution in [3.05, 3.63) is 70.2 Å². The number of aryl methyl sites for hydroxylation is 2. The number of nitrogens with one attached hydrogen (secondary N) is 1. The van der Waals surface area contributed by atoms with Crippen molar-refractivity contribution in [2.75, 3.05) is 6.54 Å². The van der Waals surface area contributed by atoms with Gasteiger partial charge in [-0.25, -0.2) is 26.9 Å². The lowest BCUT2D eigenvalue weighted by atomic mass is 10.1. The third kappa shape index (κ3) is 4.58. The second-order valence-corrected chi connectivity index (χ2v) is 8.94. The first-order chi connectivity index (χ1) is 12.8. The molecule has 0 aliphatic carbocycles. The third-order valence-electron chi connectivity index (χ3n) is 3.98. The molecular weight excluding hydrogens is 390 g/mol. The minimum Gasteiger partial charge on any atom is -0.241 e. The summed E-state index contributed by atoms with van der Waals surface area (Å²) < 4.78 is 53.7. The Labute approximate surface area is 161 Å². The third-order valence-corrected chi connectivity index (χ3v) is 6.73. The fourth-order valence-corrected chi connectivity index (χ4v) is 4.80. The zero-order valence-electron chi connectivity index (χ0n) is 14.8. The first-order valence-electron chi connectivity index (χ1n) is 8.24. The molecule has 1 N–H and O–H groups in total. The average molecular weight is 408 g/mol. The summed E-state index contributed by atoms with van der Waals surface area (Å²) in [5.41, 5.74) is 2.97. The van der Waals surface area contributed by atoms with Gasteiger partial charge in [-0.15, -0.1) is 11.3 Å². The Balaban J connectivity index is 1.71. The summed E-state index contributed by atoms with van der Waals surface area (Å²) in [5.74, 6) is -1.79. The molecule has 0 fully saturated rings. The van der Waals surface area contributed by atoms with Gasteiger partial charge in [-0.1, -0.05) is 23.8 Å². The SMILES string of the molecule is Cc1cccc(-c2nc(C)c(CCNS(=O)(=O)c3cc(F)ccc3F)s2)c1. The molecule has 142 valence electrons. The van der Waals surface area contributed by atoms with Gasteiger partial charge >= 0.3 is 0 Å². The Morgan fingerprint density at radius 2 is 1.89 bits per heavy atom. The highest BCUT2D eigenvalue weighted by molar-refractivity contribution is 7.89. The molecule has 0 spiro atoms. The zero-order chi connectivity index (χ0) is 19.6. The summed E-state index contributed by atoms with van der Waals surface area (Å²) in [6.45, 7) is 3.94. The van der Waals surface area contributed by atoms with Gasteiger partial charge in [-0.2, -0.15) is 0 Å². The molecule has 0 radical (unpaired) electrons. The molecule has 8 heteroatoms. The number of hydrogen-bond acceptors (Lipinski definition) is 4. The molecule has 4 nitrogen and oxygen atoms in total. The van der Waals surface area contributed by atoms with E-state index in [2.05, 4.69) is 9.71 Å². The van der Waals surface area contributed by atoms with E-state index in [9.17, 15) is 17.2 Å². The Bertz CT molecular complexity index is 1080. The van der Waals surface area contributed by atoms with Crippen molar-refractivity contribution >= 4 is 21.4 Å². The first-order valence-corrected chi connectivity index (χ1v) is 10.5. The molecule has 0 saturated heterocycles. The molecule has 0 saturated carbocycles. The summed E-state index contributed by atoms with van der Waals surface area (Å²) in [7, 11) is -4.13. The van der Waals surface area contributed by atoms with Crippen molar-refractivity contribution in [2.24, 2.45) is 0 Å². The van der Waals surface area contributed by atoms with Crippen LogP contribution in [0.5, 0.6) is 0 Å². The van der Waals surface area contributed by atoms with Crippen LogP contribution in [0.2, 0.25) is 0 Å². The molecule has 0 aliphatic heterocycles. The monoisotopic (exact) mass is 408 g/mol. The maximum absolute atomic E-state index is 13.7. The highest BCUT2D eigenvalue weighted by Gasteiger charge is 2.20. The predicted molar refractivity (Wildman–Crippen MR) is 102 cm³/mol. The van der Waals surface area contributed by atoms with Crippen LogP contribution in [0.4, 0.5) is 8.78 Å². The van der Waals surface area contributed by atoms with E-state index < -0.39 is 26.6 Å². The summed E-state index contributed by atoms with van der Waals surface area (Å²) in [6, 6.07) is 10.3. The van der Waals surface area contributed by atoms with Crippen LogP contribution in [0.15, 0.2) is 47.4 Å². The van der Waals surface area contributed by atoms with Crippen LogP contribution in [0, 0.1) is 25.5 Å². The van der Waals surface area contributed by atoms with Gasteiger partial charge in [0.25, 0.3) is 0 Å². The molecule has 3 aromatic rings. The van der Waals surface area contributed by atoms with E-state index in [1.165, 1.54) is 11.3 Å². The second-order valence-electron chi connectivity index (χ2n) is 6.12. The molecule has 0 bridgehead atoms. The number of halogens is 2. The van der Waals surface area contributed by atoms with Crippen LogP contribution in [0.1, 0.15) is 16.1 Å². The quantitative estimate of drug-likeness (QED) is 0.664. The van der Waals surface area contributed by atoms with Gasteiger partial charge in [0.05, 0.1) is 5.69 Å². The van der Waals surface area contributed by atoms with Crippen molar-refractivity contribution in [3.8, 4) is 10.6 Å². The number of nitrogens with zero attached hydrogens (tertiary/aromatic N) is 1. The molecule has 3 rings (SSSR count). The Hall–Kier alpha value is -2.16. The number of hydrogen-bond donors (Lipinski definition) is 1. The lowest BCUT2D eigenvalue weighted by molar-refractivity contribution is 0.546. The van der Waals surface area contributed by atoms with Crippen LogP contribution in [0.25, 0.3) is 10.6 Å². The van der Waals surface area contributed by atoms with E-state index in [1.807, 2.05) is 38.1 Å². The van der Waals surface area contributed by atoms with E-state index in [1.54, 1.807) is 0 Å². The fourth-order valence-electron chi connectivity index (χ4n) is 2.62. The second kappa shape index (κ2) is 7.84. The van der Waals surface area contributed by atoms with Crippen LogP contribution in [-0.4, -0.2) is 19.9 Å². The summed E-state index contributed by atoms with van der Waals surface area (Å²) in [5, 5.41) is 0.866. The van der Waals surface area contributed by atoms with E-state index in [0.717, 1.165) is 38.8 Å². The minimum absolute atomic E-state index is 0.0641. The van der Waals surface area contributed by atoms with Crippen LogP contribution in [0.3, 0.4) is 0 Å². The van der Waals surface area contributed by atoms with Gasteiger partial charge < -0.3 is 0 Å². The first kappa shape index (κ1) is 19.6. The van der Waals surface area contributed by atoms with E-state index in [0.29, 0.717) is 12.5 Å². The summed E-state index contributed by atoms with van der Waals surface area (Å²) in [6.07, 6.45) is 0.408. The molecule has 2 aromatic carbocycles. The molecule has 0 unspecified atom stereocenters. The zero-order valence-corrected chi connectivity index (χ0v) is 16.4. The fraction of sp³-hybridized carbons (Fsp3) is 0.211. The van der Waals surface area contributed by atoms with E-state index >= 15 is 0 Å². The topological polar surface area (TPSA) is 59.1 Å². The lowest BCUT2D eigenvalue weighted by Gasteiger charge is -2.07. The largest absolute Gasteiger partial charge is 0.243 e. The molecule has 0 atom stereocenters. The minimum atomic E-state index is -4.13. The maximum Gasteiger partial charge on any atom is 0.243 e. The number of aromatic nitrogens is 1. The van der Waals surface area contributed by atoms with Crippen molar-refractivity contribution in [1.82, 2.24) is 9.71 Å². The Kier molecular flexibility index (Phi) is 5.69. The van der Waals surface area contributed by atoms with Crippen molar-refractivity contribution in [3.63, 3.8) is 0 Å². The van der Waals surface area contributed by atoms with Gasteiger partial charge in [0.15, 0.2) is 0 Å². The molecule has 27 heavy (non-hydrogen) atoms. The van der Waals surface area contributed by atoms with Gasteiger partial charge in [0.2, 0.25) is 10.0 Å². The van der Waals surface area contributed by atoms with Crippen LogP contribution >= 0.6 is 11.3 Å². The highest BCUT2D eigenvalue weighted by atomic mass is 32.2. The highest BCUT2D eigenvalue weighted by Crippen LogP contribution is 2.28. The molecule has 1 aromatic heterocycles. The van der Waals surface area contributed by atoms with E-state index in [4.69, 9.17) is 0 Å². The normalized spacial score (nSPS) is 11.7. The van der Waals surface area contributed by atoms with Gasteiger partial charge in [0, 0.05) is 17.0 Å². The number of thiazole rings is 1. The number of sulfonamides is 1. The smallest absolute Gasteiger partial charge is 0.241 e. The summed E-state index contributed by atoms with van der Waals surface area (Å²) in [4.78, 5) is 4.80. The predicted octanol–water partition coefficient (Wildman–Crippen LogP) is 4.23. The Morgan fingerprint density at radius 3 is 2.63 bits per heavy atom. The number of rotatable bonds is 6. The molecule has 0 amide bonds. The molecule has 0 aliphatic rings. The maximum atomic E-state index is 13.7. The summed E-state index contributed by atoms with van der Waals surface area (Å²) >= 11 is 1.49. The van der Waals surface area contributed by atoms with Crippen molar-refractivity contribution < 1.29 is 17.2 Å². The standard InChI is InChI=1S/C19H18F2N2O2S2/c1-12-4-3-5-14(10-12)19-23-13(2)17(26-19)8-9-22-27(24,25)18-11-15(20)6-7-16(18)21/h3-7,10-11,22H,8-9H2,1-2H3. The van der Waals surface area contributed by atoms with Crippen molar-refractivity contribution in [2.45, 2.75) is 25.2 Å².